The van der Waals surface area contributed by atoms with Gasteiger partial charge in [0, 0.05) is 23.1 Å². The fraction of sp³-hybridized carbons (Fsp3) is 0.118. The van der Waals surface area contributed by atoms with Crippen LogP contribution in [0, 0.1) is 0 Å². The molecule has 0 aromatic heterocycles. The molecule has 1 aliphatic heterocycles. The van der Waals surface area contributed by atoms with Crippen molar-refractivity contribution in [2.24, 2.45) is 0 Å². The number of nitrogens with zero attached hydrogens (tertiary/aromatic N) is 1. The molecule has 3 rings (SSSR count). The molecule has 0 saturated heterocycles. The molecule has 0 bridgehead atoms. The molecule has 0 aliphatic carbocycles. The van der Waals surface area contributed by atoms with Crippen LogP contribution in [-0.2, 0) is 4.79 Å². The number of benzene rings is 2. The summed E-state index contributed by atoms with van der Waals surface area (Å²) in [6, 6.07) is 16.1. The molecule has 0 fully saturated rings. The maximum atomic E-state index is 12.3. The van der Waals surface area contributed by atoms with Crippen LogP contribution in [0.3, 0.4) is 0 Å². The molecule has 0 radical (unpaired) electrons. The molecular formula is C17H15NOS. The summed E-state index contributed by atoms with van der Waals surface area (Å²) in [7, 11) is 1.82. The second-order valence-corrected chi connectivity index (χ2v) is 5.59. The van der Waals surface area contributed by atoms with Crippen LogP contribution in [0.25, 0.3) is 11.6 Å². The lowest BCUT2D eigenvalue weighted by atomic mass is 10.0. The van der Waals surface area contributed by atoms with Gasteiger partial charge in [-0.05, 0) is 36.1 Å². The Bertz CT molecular complexity index is 688. The molecule has 100 valence electrons. The van der Waals surface area contributed by atoms with Crippen molar-refractivity contribution >= 4 is 35.0 Å². The standard InChI is InChI=1S/C17H15NOS/c1-18-16-6-4-3-5-14(16)15(17(18)19)11-12-7-9-13(20-2)10-8-12/h3-11H,1-2H3. The average Bonchev–Trinajstić information content (AvgIpc) is 2.74. The van der Waals surface area contributed by atoms with Gasteiger partial charge in [0.15, 0.2) is 0 Å². The zero-order chi connectivity index (χ0) is 14.1. The molecule has 0 N–H and O–H groups in total. The number of thioether (sulfide) groups is 1. The average molecular weight is 281 g/mol. The summed E-state index contributed by atoms with van der Waals surface area (Å²) >= 11 is 1.71. The van der Waals surface area contributed by atoms with Gasteiger partial charge in [0.2, 0.25) is 0 Å². The Morgan fingerprint density at radius 3 is 2.45 bits per heavy atom. The Morgan fingerprint density at radius 2 is 1.75 bits per heavy atom. The highest BCUT2D eigenvalue weighted by atomic mass is 32.2. The third-order valence-corrected chi connectivity index (χ3v) is 4.26. The second-order valence-electron chi connectivity index (χ2n) is 4.71. The number of anilines is 1. The Hall–Kier alpha value is -2.00. The van der Waals surface area contributed by atoms with E-state index in [1.54, 1.807) is 16.7 Å². The van der Waals surface area contributed by atoms with Crippen LogP contribution in [0.5, 0.6) is 0 Å². The summed E-state index contributed by atoms with van der Waals surface area (Å²) in [4.78, 5) is 15.3. The fourth-order valence-corrected chi connectivity index (χ4v) is 2.81. The predicted octanol–water partition coefficient (Wildman–Crippen LogP) is 3.93. The molecule has 0 unspecified atom stereocenters. The SMILES string of the molecule is CSc1ccc(C=C2C(=O)N(C)c3ccccc32)cc1. The van der Waals surface area contributed by atoms with Crippen LogP contribution >= 0.6 is 11.8 Å². The van der Waals surface area contributed by atoms with Crippen LogP contribution in [0.15, 0.2) is 53.4 Å². The van der Waals surface area contributed by atoms with Gasteiger partial charge < -0.3 is 4.90 Å². The maximum absolute atomic E-state index is 12.3. The van der Waals surface area contributed by atoms with Gasteiger partial charge in [0.25, 0.3) is 5.91 Å². The lowest BCUT2D eigenvalue weighted by Gasteiger charge is -2.07. The Balaban J connectivity index is 2.04. The van der Waals surface area contributed by atoms with E-state index in [1.165, 1.54) is 4.90 Å². The Labute approximate surface area is 123 Å². The van der Waals surface area contributed by atoms with E-state index < -0.39 is 0 Å². The summed E-state index contributed by atoms with van der Waals surface area (Å²) in [6.07, 6.45) is 4.02. The highest BCUT2D eigenvalue weighted by Crippen LogP contribution is 2.36. The summed E-state index contributed by atoms with van der Waals surface area (Å²) in [6.45, 7) is 0. The fourth-order valence-electron chi connectivity index (χ4n) is 2.41. The van der Waals surface area contributed by atoms with Gasteiger partial charge in [0.1, 0.15) is 0 Å². The van der Waals surface area contributed by atoms with E-state index in [0.29, 0.717) is 0 Å². The van der Waals surface area contributed by atoms with Crippen molar-refractivity contribution in [3.05, 3.63) is 59.7 Å². The molecule has 2 aromatic carbocycles. The third-order valence-electron chi connectivity index (χ3n) is 3.52. The van der Waals surface area contributed by atoms with E-state index in [-0.39, 0.29) is 5.91 Å². The van der Waals surface area contributed by atoms with Crippen molar-refractivity contribution in [3.63, 3.8) is 0 Å². The number of hydrogen-bond acceptors (Lipinski definition) is 2. The largest absolute Gasteiger partial charge is 0.311 e. The van der Waals surface area contributed by atoms with Crippen LogP contribution < -0.4 is 4.90 Å². The normalized spacial score (nSPS) is 15.8. The van der Waals surface area contributed by atoms with E-state index in [4.69, 9.17) is 0 Å². The highest BCUT2D eigenvalue weighted by molar-refractivity contribution is 7.98. The molecular weight excluding hydrogens is 266 g/mol. The van der Waals surface area contributed by atoms with Crippen LogP contribution in [0.4, 0.5) is 5.69 Å². The molecule has 2 aromatic rings. The first kappa shape index (κ1) is 13.0. The van der Waals surface area contributed by atoms with Gasteiger partial charge >= 0.3 is 0 Å². The monoisotopic (exact) mass is 281 g/mol. The minimum atomic E-state index is 0.0557. The molecule has 1 amide bonds. The Morgan fingerprint density at radius 1 is 1.05 bits per heavy atom. The molecule has 0 spiro atoms. The molecule has 0 saturated carbocycles. The third kappa shape index (κ3) is 2.14. The molecule has 1 aliphatic rings. The Kier molecular flexibility index (Phi) is 3.36. The first-order valence-corrected chi connectivity index (χ1v) is 7.66. The van der Waals surface area contributed by atoms with E-state index in [2.05, 4.69) is 18.4 Å². The number of amides is 1. The van der Waals surface area contributed by atoms with Crippen LogP contribution in [0.2, 0.25) is 0 Å². The van der Waals surface area contributed by atoms with Crippen molar-refractivity contribution in [2.75, 3.05) is 18.2 Å². The van der Waals surface area contributed by atoms with Gasteiger partial charge in [0.05, 0.1) is 5.69 Å². The van der Waals surface area contributed by atoms with Crippen LogP contribution in [0.1, 0.15) is 11.1 Å². The van der Waals surface area contributed by atoms with E-state index in [1.807, 2.05) is 49.5 Å². The molecule has 20 heavy (non-hydrogen) atoms. The van der Waals surface area contributed by atoms with Crippen molar-refractivity contribution in [3.8, 4) is 0 Å². The molecule has 2 nitrogen and oxygen atoms in total. The molecule has 0 atom stereocenters. The second kappa shape index (κ2) is 5.17. The smallest absolute Gasteiger partial charge is 0.258 e. The number of fused-ring (bicyclic) bond motifs is 1. The molecule has 3 heteroatoms. The zero-order valence-electron chi connectivity index (χ0n) is 11.5. The topological polar surface area (TPSA) is 20.3 Å². The van der Waals surface area contributed by atoms with E-state index in [9.17, 15) is 4.79 Å². The minimum Gasteiger partial charge on any atom is -0.311 e. The minimum absolute atomic E-state index is 0.0557. The van der Waals surface area contributed by atoms with Crippen LogP contribution in [-0.4, -0.2) is 19.2 Å². The predicted molar refractivity (Wildman–Crippen MR) is 85.9 cm³/mol. The number of hydrogen-bond donors (Lipinski definition) is 0. The van der Waals surface area contributed by atoms with Gasteiger partial charge in [-0.1, -0.05) is 30.3 Å². The first-order valence-electron chi connectivity index (χ1n) is 6.44. The maximum Gasteiger partial charge on any atom is 0.258 e. The number of para-hydroxylation sites is 1. The van der Waals surface area contributed by atoms with Gasteiger partial charge in [-0.25, -0.2) is 0 Å². The van der Waals surface area contributed by atoms with Gasteiger partial charge in [-0.2, -0.15) is 0 Å². The van der Waals surface area contributed by atoms with Gasteiger partial charge in [-0.3, -0.25) is 4.79 Å². The van der Waals surface area contributed by atoms with Crippen molar-refractivity contribution in [1.82, 2.24) is 0 Å². The number of likely N-dealkylation sites (N-methyl/N-ethyl adjacent to an activating group) is 1. The van der Waals surface area contributed by atoms with E-state index in [0.717, 1.165) is 22.4 Å². The summed E-state index contributed by atoms with van der Waals surface area (Å²) < 4.78 is 0. The summed E-state index contributed by atoms with van der Waals surface area (Å²) in [5.41, 5.74) is 3.80. The lowest BCUT2D eigenvalue weighted by Crippen LogP contribution is -2.20. The van der Waals surface area contributed by atoms with Gasteiger partial charge in [-0.15, -0.1) is 11.8 Å². The zero-order valence-corrected chi connectivity index (χ0v) is 12.3. The van der Waals surface area contributed by atoms with E-state index >= 15 is 0 Å². The van der Waals surface area contributed by atoms with Crippen molar-refractivity contribution in [1.29, 1.82) is 0 Å². The quantitative estimate of drug-likeness (QED) is 0.614. The number of carbonyl (C=O) groups is 1. The highest BCUT2D eigenvalue weighted by Gasteiger charge is 2.28. The lowest BCUT2D eigenvalue weighted by molar-refractivity contribution is -0.112. The van der Waals surface area contributed by atoms with Crippen molar-refractivity contribution < 1.29 is 4.79 Å². The van der Waals surface area contributed by atoms with Crippen molar-refractivity contribution in [2.45, 2.75) is 4.90 Å². The summed E-state index contributed by atoms with van der Waals surface area (Å²) in [5, 5.41) is 0. The first-order chi connectivity index (χ1) is 9.70. The summed E-state index contributed by atoms with van der Waals surface area (Å²) in [5.74, 6) is 0.0557. The number of rotatable bonds is 2. The molecule has 1 heterocycles. The number of carbonyl (C=O) groups excluding carboxylic acids is 1.